The first kappa shape index (κ1) is 14.6. The zero-order chi connectivity index (χ0) is 15.1. The third-order valence-corrected chi connectivity index (χ3v) is 3.82. The second-order valence-electron chi connectivity index (χ2n) is 5.66. The fourth-order valence-corrected chi connectivity index (χ4v) is 2.82. The van der Waals surface area contributed by atoms with Gasteiger partial charge >= 0.3 is 18.2 Å². The van der Waals surface area contributed by atoms with Gasteiger partial charge in [0.2, 0.25) is 11.7 Å². The molecule has 2 rings (SSSR count). The summed E-state index contributed by atoms with van der Waals surface area (Å²) in [6, 6.07) is 4.20. The van der Waals surface area contributed by atoms with Crippen molar-refractivity contribution in [3.63, 3.8) is 0 Å². The first-order chi connectivity index (χ1) is 9.24. The molecule has 1 aromatic rings. The Bertz CT molecular complexity index is 568. The topological polar surface area (TPSA) is 38.5 Å². The maximum Gasteiger partial charge on any atom is 0.333 e. The quantitative estimate of drug-likeness (QED) is 0.615. The first-order valence-electron chi connectivity index (χ1n) is 6.81. The van der Waals surface area contributed by atoms with Crippen LogP contribution in [-0.4, -0.2) is 28.8 Å². The van der Waals surface area contributed by atoms with E-state index in [2.05, 4.69) is 32.9 Å². The number of aryl methyl sites for hydroxylation is 3. The van der Waals surface area contributed by atoms with E-state index < -0.39 is 5.79 Å². The Morgan fingerprint density at radius 1 is 1.30 bits per heavy atom. The highest BCUT2D eigenvalue weighted by Gasteiger charge is 2.50. The molecule has 0 saturated heterocycles. The molecule has 0 aromatic heterocycles. The average Bonchev–Trinajstić information content (AvgIpc) is 2.55. The molecule has 0 radical (unpaired) electrons. The summed E-state index contributed by atoms with van der Waals surface area (Å²) in [5, 5.41) is 0. The van der Waals surface area contributed by atoms with Gasteiger partial charge in [-0.3, -0.25) is 4.79 Å². The molecule has 0 bridgehead atoms. The van der Waals surface area contributed by atoms with Crippen LogP contribution in [0.5, 0.6) is 0 Å². The summed E-state index contributed by atoms with van der Waals surface area (Å²) in [7, 11) is 0. The summed E-state index contributed by atoms with van der Waals surface area (Å²) in [6.07, 6.45) is 1.65. The average molecular weight is 276 g/mol. The van der Waals surface area contributed by atoms with Gasteiger partial charge in [-0.15, -0.1) is 0 Å². The number of ether oxygens (including phenoxy) is 2. The Hall–Kier alpha value is -1.84. The molecule has 0 spiro atoms. The Labute approximate surface area is 120 Å². The minimum Gasteiger partial charge on any atom is -0.416 e. The molecule has 0 N–H and O–H groups in total. The zero-order valence-electron chi connectivity index (χ0n) is 13.0. The number of hydrogen-bond acceptors (Lipinski definition) is 3. The van der Waals surface area contributed by atoms with Crippen molar-refractivity contribution >= 4 is 18.1 Å². The molecule has 20 heavy (non-hydrogen) atoms. The van der Waals surface area contributed by atoms with Crippen LogP contribution in [0.2, 0.25) is 0 Å². The van der Waals surface area contributed by atoms with Gasteiger partial charge in [-0.05, 0) is 32.9 Å². The molecule has 4 nitrogen and oxygen atoms in total. The van der Waals surface area contributed by atoms with Crippen molar-refractivity contribution in [1.82, 2.24) is 0 Å². The summed E-state index contributed by atoms with van der Waals surface area (Å²) >= 11 is 0. The summed E-state index contributed by atoms with van der Waals surface area (Å²) in [5.74, 6) is -1.29. The lowest BCUT2D eigenvalue weighted by Crippen LogP contribution is -2.43. The van der Waals surface area contributed by atoms with E-state index in [0.29, 0.717) is 0 Å². The van der Waals surface area contributed by atoms with Gasteiger partial charge in [0.05, 0.1) is 0 Å². The monoisotopic (exact) mass is 276 g/mol. The Morgan fingerprint density at radius 3 is 2.35 bits per heavy atom. The third-order valence-electron chi connectivity index (χ3n) is 3.82. The molecule has 2 atom stereocenters. The molecular weight excluding hydrogens is 254 g/mol. The number of rotatable bonds is 2. The van der Waals surface area contributed by atoms with Gasteiger partial charge in [-0.2, -0.15) is 4.58 Å². The van der Waals surface area contributed by atoms with E-state index in [9.17, 15) is 4.79 Å². The Kier molecular flexibility index (Phi) is 3.59. The van der Waals surface area contributed by atoms with Gasteiger partial charge in [0.1, 0.15) is 0 Å². The van der Waals surface area contributed by atoms with Crippen LogP contribution in [0.25, 0.3) is 0 Å². The number of benzene rings is 1. The van der Waals surface area contributed by atoms with Crippen LogP contribution in [-0.2, 0) is 14.3 Å². The fourth-order valence-electron chi connectivity index (χ4n) is 2.82. The number of carbonyl (C=O) groups excluding carboxylic acids is 1. The van der Waals surface area contributed by atoms with Gasteiger partial charge in [-0.1, -0.05) is 5.56 Å². The van der Waals surface area contributed by atoms with Crippen molar-refractivity contribution < 1.29 is 18.8 Å². The van der Waals surface area contributed by atoms with E-state index in [4.69, 9.17) is 9.47 Å². The van der Waals surface area contributed by atoms with Crippen LogP contribution in [0.3, 0.4) is 0 Å². The van der Waals surface area contributed by atoms with Crippen molar-refractivity contribution in [1.29, 1.82) is 0 Å². The lowest BCUT2D eigenvalue weighted by Gasteiger charge is -2.23. The Balaban J connectivity index is 2.39. The van der Waals surface area contributed by atoms with Crippen molar-refractivity contribution in [2.75, 3.05) is 0 Å². The normalized spacial score (nSPS) is 25.1. The number of nitrogens with zero attached hydrogens (tertiary/aromatic N) is 1. The minimum atomic E-state index is -0.949. The van der Waals surface area contributed by atoms with Gasteiger partial charge < -0.3 is 9.47 Å². The van der Waals surface area contributed by atoms with Crippen LogP contribution in [0, 0.1) is 20.8 Å². The molecule has 0 saturated carbocycles. The van der Waals surface area contributed by atoms with Crippen molar-refractivity contribution in [3.05, 3.63) is 28.8 Å². The lowest BCUT2D eigenvalue weighted by molar-refractivity contribution is -0.488. The molecule has 0 aliphatic carbocycles. The summed E-state index contributed by atoms with van der Waals surface area (Å²) in [5.41, 5.74) is 4.71. The maximum atomic E-state index is 11.2. The molecule has 108 valence electrons. The number of carbonyl (C=O) groups is 1. The van der Waals surface area contributed by atoms with Gasteiger partial charge in [-0.25, -0.2) is 0 Å². The van der Waals surface area contributed by atoms with Gasteiger partial charge in [0.25, 0.3) is 0 Å². The molecular formula is C16H22NO3+. The minimum absolute atomic E-state index is 0.0912. The second-order valence-corrected chi connectivity index (χ2v) is 5.66. The Morgan fingerprint density at radius 2 is 1.85 bits per heavy atom. The van der Waals surface area contributed by atoms with Gasteiger partial charge in [0, 0.05) is 31.9 Å². The highest BCUT2D eigenvalue weighted by atomic mass is 16.7. The fraction of sp³-hybridized carbons (Fsp3) is 0.500. The van der Waals surface area contributed by atoms with Crippen LogP contribution in [0.15, 0.2) is 12.1 Å². The lowest BCUT2D eigenvalue weighted by atomic mass is 10.0. The number of hydrogen-bond donors (Lipinski definition) is 0. The maximum absolute atomic E-state index is 11.2. The second kappa shape index (κ2) is 4.93. The van der Waals surface area contributed by atoms with E-state index >= 15 is 0 Å². The summed E-state index contributed by atoms with van der Waals surface area (Å²) < 4.78 is 13.0. The highest BCUT2D eigenvalue weighted by Crippen LogP contribution is 2.33. The molecule has 4 heteroatoms. The van der Waals surface area contributed by atoms with E-state index in [1.54, 1.807) is 13.3 Å². The third kappa shape index (κ3) is 2.42. The SMILES string of the molecule is CC(=O)OC1(C)OC=[N+](c2c(C)cc(C)cc2C)C1C. The molecule has 2 unspecified atom stereocenters. The van der Waals surface area contributed by atoms with Crippen LogP contribution in [0.1, 0.15) is 37.5 Å². The van der Waals surface area contributed by atoms with Crippen LogP contribution < -0.4 is 0 Å². The standard InChI is InChI=1S/C16H22NO3/c1-10-7-11(2)15(12(3)8-10)17-9-19-16(6,13(17)4)20-14(5)18/h7-9,13H,1-6H3/q+1. The summed E-state index contributed by atoms with van der Waals surface area (Å²) in [6.45, 7) is 11.4. The van der Waals surface area contributed by atoms with Crippen molar-refractivity contribution in [2.45, 2.75) is 53.4 Å². The molecule has 0 amide bonds. The van der Waals surface area contributed by atoms with E-state index in [1.165, 1.54) is 23.6 Å². The predicted molar refractivity (Wildman–Crippen MR) is 77.4 cm³/mol. The smallest absolute Gasteiger partial charge is 0.333 e. The van der Waals surface area contributed by atoms with Crippen LogP contribution >= 0.6 is 0 Å². The van der Waals surface area contributed by atoms with E-state index in [1.807, 2.05) is 11.5 Å². The van der Waals surface area contributed by atoms with Crippen molar-refractivity contribution in [3.8, 4) is 0 Å². The first-order valence-corrected chi connectivity index (χ1v) is 6.81. The molecule has 1 heterocycles. The molecule has 1 aliphatic heterocycles. The largest absolute Gasteiger partial charge is 0.416 e. The van der Waals surface area contributed by atoms with E-state index in [-0.39, 0.29) is 12.0 Å². The molecule has 1 aromatic carbocycles. The molecule has 0 fully saturated rings. The zero-order valence-corrected chi connectivity index (χ0v) is 13.0. The van der Waals surface area contributed by atoms with Gasteiger partial charge in [0.15, 0.2) is 0 Å². The number of esters is 1. The van der Waals surface area contributed by atoms with E-state index in [0.717, 1.165) is 5.69 Å². The predicted octanol–water partition coefficient (Wildman–Crippen LogP) is 2.98. The summed E-state index contributed by atoms with van der Waals surface area (Å²) in [4.78, 5) is 11.2. The van der Waals surface area contributed by atoms with Crippen molar-refractivity contribution in [2.24, 2.45) is 0 Å². The van der Waals surface area contributed by atoms with Crippen LogP contribution in [0.4, 0.5) is 5.69 Å². The molecule has 1 aliphatic rings. The highest BCUT2D eigenvalue weighted by molar-refractivity contribution is 5.67.